The summed E-state index contributed by atoms with van der Waals surface area (Å²) >= 11 is 7.54. The average Bonchev–Trinajstić information content (AvgIpc) is 3.16. The van der Waals surface area contributed by atoms with E-state index >= 15 is 0 Å². The smallest absolute Gasteiger partial charge is 0.261 e. The van der Waals surface area contributed by atoms with Crippen molar-refractivity contribution in [3.63, 3.8) is 0 Å². The predicted octanol–water partition coefficient (Wildman–Crippen LogP) is 6.56. The van der Waals surface area contributed by atoms with E-state index in [0.29, 0.717) is 15.6 Å². The minimum Gasteiger partial charge on any atom is -0.322 e. The van der Waals surface area contributed by atoms with E-state index in [-0.39, 0.29) is 5.69 Å². The maximum absolute atomic E-state index is 13.9. The van der Waals surface area contributed by atoms with Crippen LogP contribution in [0.5, 0.6) is 0 Å². The Labute approximate surface area is 174 Å². The number of hydrogen-bond donors (Lipinski definition) is 1. The summed E-state index contributed by atoms with van der Waals surface area (Å²) in [4.78, 5) is 16.7. The molecular weight excluding hydrogens is 447 g/mol. The number of thiazole rings is 1. The molecule has 30 heavy (non-hydrogen) atoms. The highest BCUT2D eigenvalue weighted by molar-refractivity contribution is 7.21. The van der Waals surface area contributed by atoms with Crippen LogP contribution < -0.4 is 5.32 Å². The van der Waals surface area contributed by atoms with E-state index in [1.54, 1.807) is 6.07 Å². The number of rotatable bonds is 3. The van der Waals surface area contributed by atoms with Gasteiger partial charge >= 0.3 is 0 Å². The number of fused-ring (bicyclic) bond motifs is 1. The Bertz CT molecular complexity index is 1260. The van der Waals surface area contributed by atoms with Gasteiger partial charge in [-0.3, -0.25) is 4.79 Å². The van der Waals surface area contributed by atoms with Crippen LogP contribution in [0.2, 0.25) is 5.02 Å². The Morgan fingerprint density at radius 2 is 1.53 bits per heavy atom. The van der Waals surface area contributed by atoms with Crippen LogP contribution in [0.3, 0.4) is 0 Å². The van der Waals surface area contributed by atoms with E-state index in [2.05, 4.69) is 10.3 Å². The third-order valence-electron chi connectivity index (χ3n) is 4.19. The molecular formula is C20H8ClF5N2OS. The summed E-state index contributed by atoms with van der Waals surface area (Å²) in [5.41, 5.74) is -0.400. The van der Waals surface area contributed by atoms with Crippen LogP contribution in [-0.2, 0) is 0 Å². The number of aromatic nitrogens is 1. The zero-order valence-corrected chi connectivity index (χ0v) is 16.1. The second-order valence-electron chi connectivity index (χ2n) is 6.08. The van der Waals surface area contributed by atoms with E-state index in [1.807, 2.05) is 18.2 Å². The van der Waals surface area contributed by atoms with Crippen molar-refractivity contribution >= 4 is 44.7 Å². The number of anilines is 1. The van der Waals surface area contributed by atoms with Crippen molar-refractivity contribution in [1.29, 1.82) is 0 Å². The molecule has 1 aromatic heterocycles. The summed E-state index contributed by atoms with van der Waals surface area (Å²) in [7, 11) is 0. The van der Waals surface area contributed by atoms with Crippen molar-refractivity contribution in [3.8, 4) is 10.6 Å². The largest absolute Gasteiger partial charge is 0.322 e. The SMILES string of the molecule is O=C(Nc1ccc(Cl)c(-c2nc3ccccc3s2)c1)c1c(F)c(F)c(F)c(F)c1F. The first-order valence-electron chi connectivity index (χ1n) is 8.26. The topological polar surface area (TPSA) is 42.0 Å². The molecule has 4 aromatic rings. The van der Waals surface area contributed by atoms with E-state index in [9.17, 15) is 26.7 Å². The van der Waals surface area contributed by atoms with Crippen LogP contribution in [0.1, 0.15) is 10.4 Å². The molecule has 0 spiro atoms. The lowest BCUT2D eigenvalue weighted by Gasteiger charge is -2.10. The number of benzene rings is 3. The van der Waals surface area contributed by atoms with Gasteiger partial charge in [0.05, 0.1) is 15.2 Å². The van der Waals surface area contributed by atoms with Crippen molar-refractivity contribution in [2.45, 2.75) is 0 Å². The number of carbonyl (C=O) groups is 1. The van der Waals surface area contributed by atoms with Crippen LogP contribution in [-0.4, -0.2) is 10.9 Å². The monoisotopic (exact) mass is 454 g/mol. The lowest BCUT2D eigenvalue weighted by Crippen LogP contribution is -2.19. The first-order valence-corrected chi connectivity index (χ1v) is 9.45. The Morgan fingerprint density at radius 3 is 2.20 bits per heavy atom. The van der Waals surface area contributed by atoms with Gasteiger partial charge in [0.15, 0.2) is 23.3 Å². The van der Waals surface area contributed by atoms with Crippen LogP contribution >= 0.6 is 22.9 Å². The normalized spacial score (nSPS) is 11.1. The maximum atomic E-state index is 13.9. The number of halogens is 6. The quantitative estimate of drug-likeness (QED) is 0.216. The number of carbonyl (C=O) groups excluding carboxylic acids is 1. The molecule has 0 aliphatic carbocycles. The van der Waals surface area contributed by atoms with E-state index in [1.165, 1.54) is 29.5 Å². The van der Waals surface area contributed by atoms with Crippen molar-refractivity contribution in [1.82, 2.24) is 4.98 Å². The Hall–Kier alpha value is -3.04. The third-order valence-corrected chi connectivity index (χ3v) is 5.58. The summed E-state index contributed by atoms with van der Waals surface area (Å²) in [5, 5.41) is 2.94. The minimum atomic E-state index is -2.34. The van der Waals surface area contributed by atoms with Crippen molar-refractivity contribution in [3.05, 3.63) is 82.1 Å². The molecule has 0 aliphatic rings. The molecule has 0 radical (unpaired) electrons. The first kappa shape index (κ1) is 20.2. The molecule has 0 bridgehead atoms. The van der Waals surface area contributed by atoms with E-state index in [4.69, 9.17) is 11.6 Å². The highest BCUT2D eigenvalue weighted by Crippen LogP contribution is 2.36. The Balaban J connectivity index is 1.72. The standard InChI is InChI=1S/C20H8ClF5N2OS/c21-10-6-5-8(7-9(10)20-28-11-3-1-2-4-12(11)30-20)27-19(29)13-14(22)16(24)18(26)17(25)15(13)23/h1-7H,(H,27,29). The van der Waals surface area contributed by atoms with Gasteiger partial charge in [-0.15, -0.1) is 11.3 Å². The highest BCUT2D eigenvalue weighted by Gasteiger charge is 2.29. The van der Waals surface area contributed by atoms with Gasteiger partial charge in [0, 0.05) is 11.3 Å². The Morgan fingerprint density at radius 1 is 0.900 bits per heavy atom. The number of para-hydroxylation sites is 1. The maximum Gasteiger partial charge on any atom is 0.261 e. The van der Waals surface area contributed by atoms with E-state index in [0.717, 1.165) is 10.2 Å². The van der Waals surface area contributed by atoms with Gasteiger partial charge in [-0.2, -0.15) is 0 Å². The Kier molecular flexibility index (Phi) is 5.17. The molecule has 1 N–H and O–H groups in total. The highest BCUT2D eigenvalue weighted by atomic mass is 35.5. The fourth-order valence-corrected chi connectivity index (χ4v) is 4.01. The van der Waals surface area contributed by atoms with E-state index < -0.39 is 40.6 Å². The van der Waals surface area contributed by atoms with Gasteiger partial charge in [-0.05, 0) is 30.3 Å². The summed E-state index contributed by atoms with van der Waals surface area (Å²) in [6.45, 7) is 0. The average molecular weight is 455 g/mol. The molecule has 0 saturated heterocycles. The third kappa shape index (κ3) is 3.40. The van der Waals surface area contributed by atoms with Gasteiger partial charge in [0.25, 0.3) is 5.91 Å². The molecule has 0 saturated carbocycles. The van der Waals surface area contributed by atoms with Crippen LogP contribution in [0.25, 0.3) is 20.8 Å². The number of nitrogens with zero attached hydrogens (tertiary/aromatic N) is 1. The van der Waals surface area contributed by atoms with Gasteiger partial charge in [0.1, 0.15) is 10.6 Å². The number of hydrogen-bond acceptors (Lipinski definition) is 3. The van der Waals surface area contributed by atoms with Gasteiger partial charge in [-0.1, -0.05) is 23.7 Å². The van der Waals surface area contributed by atoms with Crippen molar-refractivity contribution in [2.75, 3.05) is 5.32 Å². The zero-order valence-electron chi connectivity index (χ0n) is 14.6. The molecule has 0 aliphatic heterocycles. The lowest BCUT2D eigenvalue weighted by atomic mass is 10.1. The predicted molar refractivity (Wildman–Crippen MR) is 104 cm³/mol. The van der Waals surface area contributed by atoms with Crippen molar-refractivity contribution in [2.24, 2.45) is 0 Å². The molecule has 152 valence electrons. The summed E-state index contributed by atoms with van der Waals surface area (Å²) in [6.07, 6.45) is 0. The summed E-state index contributed by atoms with van der Waals surface area (Å²) in [6, 6.07) is 11.4. The van der Waals surface area contributed by atoms with Crippen molar-refractivity contribution < 1.29 is 26.7 Å². The van der Waals surface area contributed by atoms with Crippen LogP contribution in [0.15, 0.2) is 42.5 Å². The molecule has 1 heterocycles. The number of amides is 1. The van der Waals surface area contributed by atoms with Crippen LogP contribution in [0.4, 0.5) is 27.6 Å². The summed E-state index contributed by atoms with van der Waals surface area (Å²) < 4.78 is 68.6. The van der Waals surface area contributed by atoms with Gasteiger partial charge in [-0.25, -0.2) is 26.9 Å². The number of nitrogens with one attached hydrogen (secondary N) is 1. The zero-order chi connectivity index (χ0) is 21.6. The lowest BCUT2D eigenvalue weighted by molar-refractivity contribution is 0.101. The molecule has 0 unspecified atom stereocenters. The van der Waals surface area contributed by atoms with Gasteiger partial charge in [0.2, 0.25) is 5.82 Å². The fourth-order valence-electron chi connectivity index (χ4n) is 2.75. The fraction of sp³-hybridized carbons (Fsp3) is 0. The molecule has 4 rings (SSSR count). The molecule has 0 atom stereocenters. The summed E-state index contributed by atoms with van der Waals surface area (Å²) in [5.74, 6) is -12.7. The first-order chi connectivity index (χ1) is 14.3. The van der Waals surface area contributed by atoms with Crippen LogP contribution in [0, 0.1) is 29.1 Å². The molecule has 1 amide bonds. The molecule has 3 aromatic carbocycles. The minimum absolute atomic E-state index is 0.0302. The van der Waals surface area contributed by atoms with Gasteiger partial charge < -0.3 is 5.32 Å². The molecule has 3 nitrogen and oxygen atoms in total. The second-order valence-corrected chi connectivity index (χ2v) is 7.52. The second kappa shape index (κ2) is 7.66. The molecule has 0 fully saturated rings. The molecule has 10 heteroatoms.